The predicted molar refractivity (Wildman–Crippen MR) is 71.7 cm³/mol. The summed E-state index contributed by atoms with van der Waals surface area (Å²) in [5.41, 5.74) is 0.822. The SMILES string of the molecule is CCCCCCC(Cc1ccccc1F)NC. The van der Waals surface area contributed by atoms with Gasteiger partial charge in [0.2, 0.25) is 0 Å². The highest BCUT2D eigenvalue weighted by atomic mass is 19.1. The van der Waals surface area contributed by atoms with Crippen LogP contribution >= 0.6 is 0 Å². The molecule has 0 fully saturated rings. The summed E-state index contributed by atoms with van der Waals surface area (Å²) in [6, 6.07) is 7.46. The van der Waals surface area contributed by atoms with Crippen molar-refractivity contribution >= 4 is 0 Å². The van der Waals surface area contributed by atoms with Crippen molar-refractivity contribution in [2.24, 2.45) is 0 Å². The van der Waals surface area contributed by atoms with Gasteiger partial charge in [-0.2, -0.15) is 0 Å². The highest BCUT2D eigenvalue weighted by Gasteiger charge is 2.09. The molecule has 0 bridgehead atoms. The molecule has 1 atom stereocenters. The molecule has 0 saturated heterocycles. The van der Waals surface area contributed by atoms with Crippen molar-refractivity contribution in [2.75, 3.05) is 7.05 Å². The number of rotatable bonds is 8. The molecule has 0 aliphatic carbocycles. The van der Waals surface area contributed by atoms with Gasteiger partial charge in [-0.1, -0.05) is 50.8 Å². The van der Waals surface area contributed by atoms with Crippen LogP contribution in [0, 0.1) is 5.82 Å². The minimum atomic E-state index is -0.0821. The standard InChI is InChI=1S/C15H24FN/c1-3-4-5-6-10-14(17-2)12-13-9-7-8-11-15(13)16/h7-9,11,14,17H,3-6,10,12H2,1-2H3. The summed E-state index contributed by atoms with van der Waals surface area (Å²) < 4.78 is 13.5. The van der Waals surface area contributed by atoms with Crippen LogP contribution in [0.4, 0.5) is 4.39 Å². The molecule has 0 saturated carbocycles. The average molecular weight is 237 g/mol. The number of halogens is 1. The molecule has 0 aliphatic heterocycles. The molecular formula is C15H24FN. The maximum Gasteiger partial charge on any atom is 0.126 e. The summed E-state index contributed by atoms with van der Waals surface area (Å²) in [6.45, 7) is 2.22. The molecule has 0 aromatic heterocycles. The predicted octanol–water partition coefficient (Wildman–Crippen LogP) is 3.93. The Hall–Kier alpha value is -0.890. The smallest absolute Gasteiger partial charge is 0.126 e. The number of benzene rings is 1. The summed E-state index contributed by atoms with van der Waals surface area (Å²) >= 11 is 0. The van der Waals surface area contributed by atoms with Gasteiger partial charge in [0.1, 0.15) is 5.82 Å². The summed E-state index contributed by atoms with van der Waals surface area (Å²) in [4.78, 5) is 0. The first-order valence-electron chi connectivity index (χ1n) is 6.68. The molecule has 0 aliphatic rings. The average Bonchev–Trinajstić information content (AvgIpc) is 2.35. The van der Waals surface area contributed by atoms with Crippen LogP contribution in [-0.4, -0.2) is 13.1 Å². The minimum absolute atomic E-state index is 0.0821. The van der Waals surface area contributed by atoms with Gasteiger partial charge in [0.05, 0.1) is 0 Å². The van der Waals surface area contributed by atoms with Crippen LogP contribution in [0.5, 0.6) is 0 Å². The first kappa shape index (κ1) is 14.2. The normalized spacial score (nSPS) is 12.6. The van der Waals surface area contributed by atoms with Crippen molar-refractivity contribution in [1.82, 2.24) is 5.32 Å². The van der Waals surface area contributed by atoms with Gasteiger partial charge >= 0.3 is 0 Å². The van der Waals surface area contributed by atoms with Crippen LogP contribution in [-0.2, 0) is 6.42 Å². The van der Waals surface area contributed by atoms with E-state index in [1.54, 1.807) is 12.1 Å². The highest BCUT2D eigenvalue weighted by molar-refractivity contribution is 5.18. The zero-order valence-electron chi connectivity index (χ0n) is 11.0. The first-order valence-corrected chi connectivity index (χ1v) is 6.68. The van der Waals surface area contributed by atoms with Crippen molar-refractivity contribution in [3.8, 4) is 0 Å². The monoisotopic (exact) mass is 237 g/mol. The second-order valence-electron chi connectivity index (χ2n) is 4.63. The molecule has 0 heterocycles. The molecule has 1 rings (SSSR count). The second-order valence-corrected chi connectivity index (χ2v) is 4.63. The maximum atomic E-state index is 13.5. The Balaban J connectivity index is 2.38. The van der Waals surface area contributed by atoms with Crippen LogP contribution < -0.4 is 5.32 Å². The molecule has 0 amide bonds. The van der Waals surface area contributed by atoms with Gasteiger partial charge in [0.15, 0.2) is 0 Å². The fourth-order valence-electron chi connectivity index (χ4n) is 2.10. The number of likely N-dealkylation sites (N-methyl/N-ethyl adjacent to an activating group) is 1. The largest absolute Gasteiger partial charge is 0.317 e. The van der Waals surface area contributed by atoms with Crippen molar-refractivity contribution in [2.45, 2.75) is 51.5 Å². The van der Waals surface area contributed by atoms with Crippen LogP contribution in [0.3, 0.4) is 0 Å². The maximum absolute atomic E-state index is 13.5. The van der Waals surface area contributed by atoms with Gasteiger partial charge in [-0.05, 0) is 31.5 Å². The van der Waals surface area contributed by atoms with Gasteiger partial charge in [0.25, 0.3) is 0 Å². The molecule has 0 spiro atoms. The van der Waals surface area contributed by atoms with Gasteiger partial charge < -0.3 is 5.32 Å². The molecule has 96 valence electrons. The quantitative estimate of drug-likeness (QED) is 0.676. The van der Waals surface area contributed by atoms with Crippen LogP contribution in [0.15, 0.2) is 24.3 Å². The van der Waals surface area contributed by atoms with E-state index in [-0.39, 0.29) is 5.82 Å². The molecule has 0 radical (unpaired) electrons. The minimum Gasteiger partial charge on any atom is -0.317 e. The molecule has 2 heteroatoms. The summed E-state index contributed by atoms with van der Waals surface area (Å²) in [5, 5.41) is 3.29. The Morgan fingerprint density at radius 3 is 2.59 bits per heavy atom. The van der Waals surface area contributed by atoms with Crippen LogP contribution in [0.2, 0.25) is 0 Å². The van der Waals surface area contributed by atoms with Crippen molar-refractivity contribution in [3.63, 3.8) is 0 Å². The van der Waals surface area contributed by atoms with Gasteiger partial charge in [0, 0.05) is 6.04 Å². The number of unbranched alkanes of at least 4 members (excludes halogenated alkanes) is 3. The molecule has 1 aromatic rings. The lowest BCUT2D eigenvalue weighted by Crippen LogP contribution is -2.27. The number of hydrogen-bond acceptors (Lipinski definition) is 1. The van der Waals surface area contributed by atoms with E-state index in [1.807, 2.05) is 19.2 Å². The van der Waals surface area contributed by atoms with Gasteiger partial charge in [-0.3, -0.25) is 0 Å². The zero-order valence-corrected chi connectivity index (χ0v) is 11.0. The van der Waals surface area contributed by atoms with Crippen LogP contribution in [0.1, 0.15) is 44.6 Å². The molecule has 1 aromatic carbocycles. The number of hydrogen-bond donors (Lipinski definition) is 1. The van der Waals surface area contributed by atoms with E-state index >= 15 is 0 Å². The molecule has 1 unspecified atom stereocenters. The Labute approximate surface area is 104 Å². The lowest BCUT2D eigenvalue weighted by molar-refractivity contribution is 0.475. The molecule has 1 nitrogen and oxygen atoms in total. The van der Waals surface area contributed by atoms with Gasteiger partial charge in [-0.25, -0.2) is 4.39 Å². The number of nitrogens with one attached hydrogen (secondary N) is 1. The molecule has 1 N–H and O–H groups in total. The summed E-state index contributed by atoms with van der Waals surface area (Å²) in [7, 11) is 1.96. The van der Waals surface area contributed by atoms with Crippen LogP contribution in [0.25, 0.3) is 0 Å². The van der Waals surface area contributed by atoms with Gasteiger partial charge in [-0.15, -0.1) is 0 Å². The van der Waals surface area contributed by atoms with Crippen molar-refractivity contribution in [1.29, 1.82) is 0 Å². The fourth-order valence-corrected chi connectivity index (χ4v) is 2.10. The Morgan fingerprint density at radius 2 is 1.94 bits per heavy atom. The Morgan fingerprint density at radius 1 is 1.18 bits per heavy atom. The summed E-state index contributed by atoms with van der Waals surface area (Å²) in [5.74, 6) is -0.0821. The second kappa shape index (κ2) is 8.24. The van der Waals surface area contributed by atoms with E-state index in [0.29, 0.717) is 6.04 Å². The third-order valence-corrected chi connectivity index (χ3v) is 3.24. The highest BCUT2D eigenvalue weighted by Crippen LogP contribution is 2.13. The van der Waals surface area contributed by atoms with E-state index in [0.717, 1.165) is 18.4 Å². The molecular weight excluding hydrogens is 213 g/mol. The van der Waals surface area contributed by atoms with Crippen molar-refractivity contribution in [3.05, 3.63) is 35.6 Å². The lowest BCUT2D eigenvalue weighted by Gasteiger charge is -2.16. The van der Waals surface area contributed by atoms with E-state index in [2.05, 4.69) is 12.2 Å². The topological polar surface area (TPSA) is 12.0 Å². The van der Waals surface area contributed by atoms with E-state index in [4.69, 9.17) is 0 Å². The van der Waals surface area contributed by atoms with E-state index < -0.39 is 0 Å². The van der Waals surface area contributed by atoms with Crippen molar-refractivity contribution < 1.29 is 4.39 Å². The third kappa shape index (κ3) is 5.31. The van der Waals surface area contributed by atoms with E-state index in [1.165, 1.54) is 25.7 Å². The zero-order chi connectivity index (χ0) is 12.5. The summed E-state index contributed by atoms with van der Waals surface area (Å²) in [6.07, 6.45) is 6.99. The van der Waals surface area contributed by atoms with E-state index in [9.17, 15) is 4.39 Å². The third-order valence-electron chi connectivity index (χ3n) is 3.24. The Kier molecular flexibility index (Phi) is 6.87. The first-order chi connectivity index (χ1) is 8.27. The fraction of sp³-hybridized carbons (Fsp3) is 0.600. The molecule has 17 heavy (non-hydrogen) atoms. The lowest BCUT2D eigenvalue weighted by atomic mass is 10.00. The Bertz CT molecular complexity index is 312.